The third-order valence-electron chi connectivity index (χ3n) is 3.67. The average Bonchev–Trinajstić information content (AvgIpc) is 2.58. The highest BCUT2D eigenvalue weighted by atomic mass is 79.9. The van der Waals surface area contributed by atoms with E-state index in [1.165, 1.54) is 18.2 Å². The summed E-state index contributed by atoms with van der Waals surface area (Å²) in [6.07, 6.45) is 0. The van der Waals surface area contributed by atoms with Crippen LogP contribution < -0.4 is 10.2 Å². The number of amides is 1. The number of carbonyl (C=O) groups excluding carboxylic acids is 1. The van der Waals surface area contributed by atoms with Crippen LogP contribution in [0.15, 0.2) is 46.9 Å². The second-order valence-electron chi connectivity index (χ2n) is 5.22. The molecule has 0 atom stereocenters. The molecule has 1 heterocycles. The zero-order valence-corrected chi connectivity index (χ0v) is 14.0. The number of benzene rings is 2. The van der Waals surface area contributed by atoms with Gasteiger partial charge in [0.1, 0.15) is 5.82 Å². The van der Waals surface area contributed by atoms with E-state index in [0.29, 0.717) is 10.2 Å². The predicted octanol–water partition coefficient (Wildman–Crippen LogP) is 3.68. The van der Waals surface area contributed by atoms with Crippen molar-refractivity contribution in [3.05, 3.63) is 58.3 Å². The number of carbonyl (C=O) groups is 1. The fourth-order valence-corrected chi connectivity index (χ4v) is 2.87. The van der Waals surface area contributed by atoms with Crippen LogP contribution >= 0.6 is 15.9 Å². The summed E-state index contributed by atoms with van der Waals surface area (Å²) in [4.78, 5) is 14.5. The predicted molar refractivity (Wildman–Crippen MR) is 91.5 cm³/mol. The van der Waals surface area contributed by atoms with E-state index in [2.05, 4.69) is 26.1 Å². The minimum absolute atomic E-state index is 0.266. The van der Waals surface area contributed by atoms with E-state index in [1.807, 2.05) is 24.3 Å². The molecule has 0 radical (unpaired) electrons. The Hall–Kier alpha value is -1.92. The third kappa shape index (κ3) is 3.89. The maximum atomic E-state index is 13.3. The molecular formula is C17H16BrFN2O2. The number of morpholine rings is 1. The van der Waals surface area contributed by atoms with E-state index >= 15 is 0 Å². The number of anilines is 2. The number of rotatable bonds is 3. The Morgan fingerprint density at radius 1 is 1.13 bits per heavy atom. The lowest BCUT2D eigenvalue weighted by Gasteiger charge is -2.28. The second-order valence-corrected chi connectivity index (χ2v) is 6.08. The van der Waals surface area contributed by atoms with Gasteiger partial charge in [0.25, 0.3) is 5.91 Å². The summed E-state index contributed by atoms with van der Waals surface area (Å²) in [7, 11) is 0. The van der Waals surface area contributed by atoms with Crippen molar-refractivity contribution in [2.45, 2.75) is 0 Å². The molecule has 0 saturated carbocycles. The van der Waals surface area contributed by atoms with Crippen molar-refractivity contribution < 1.29 is 13.9 Å². The standard InChI is InChI=1S/C17H16BrFN2O2/c18-16-6-1-12(19)11-15(16)17(22)20-13-2-4-14(5-3-13)21-7-9-23-10-8-21/h1-6,11H,7-10H2,(H,20,22). The van der Waals surface area contributed by atoms with Crippen molar-refractivity contribution >= 4 is 33.2 Å². The zero-order chi connectivity index (χ0) is 16.2. The van der Waals surface area contributed by atoms with E-state index in [9.17, 15) is 9.18 Å². The molecule has 3 rings (SSSR count). The van der Waals surface area contributed by atoms with Crippen LogP contribution in [-0.2, 0) is 4.74 Å². The van der Waals surface area contributed by atoms with Gasteiger partial charge in [0.05, 0.1) is 18.8 Å². The minimum atomic E-state index is -0.444. The van der Waals surface area contributed by atoms with Gasteiger partial charge in [0, 0.05) is 28.9 Å². The molecule has 1 amide bonds. The Kier molecular flexibility index (Phi) is 4.93. The van der Waals surface area contributed by atoms with Gasteiger partial charge in [-0.3, -0.25) is 4.79 Å². The van der Waals surface area contributed by atoms with Gasteiger partial charge in [-0.1, -0.05) is 0 Å². The smallest absolute Gasteiger partial charge is 0.256 e. The summed E-state index contributed by atoms with van der Waals surface area (Å²) < 4.78 is 19.2. The van der Waals surface area contributed by atoms with Gasteiger partial charge in [-0.2, -0.15) is 0 Å². The Morgan fingerprint density at radius 2 is 1.83 bits per heavy atom. The van der Waals surface area contributed by atoms with Crippen LogP contribution in [-0.4, -0.2) is 32.2 Å². The lowest BCUT2D eigenvalue weighted by Crippen LogP contribution is -2.36. The molecule has 0 aromatic heterocycles. The lowest BCUT2D eigenvalue weighted by atomic mass is 10.2. The van der Waals surface area contributed by atoms with Crippen LogP contribution in [0.4, 0.5) is 15.8 Å². The third-order valence-corrected chi connectivity index (χ3v) is 4.37. The van der Waals surface area contributed by atoms with Crippen molar-refractivity contribution in [3.8, 4) is 0 Å². The Morgan fingerprint density at radius 3 is 2.52 bits per heavy atom. The number of nitrogens with one attached hydrogen (secondary N) is 1. The minimum Gasteiger partial charge on any atom is -0.378 e. The molecule has 0 bridgehead atoms. The molecule has 1 aliphatic rings. The van der Waals surface area contributed by atoms with Crippen molar-refractivity contribution in [2.24, 2.45) is 0 Å². The highest BCUT2D eigenvalue weighted by Gasteiger charge is 2.13. The summed E-state index contributed by atoms with van der Waals surface area (Å²) in [5, 5.41) is 2.78. The van der Waals surface area contributed by atoms with Crippen LogP contribution in [0.1, 0.15) is 10.4 Å². The average molecular weight is 379 g/mol. The molecule has 1 fully saturated rings. The molecule has 1 N–H and O–H groups in total. The molecule has 1 aliphatic heterocycles. The van der Waals surface area contributed by atoms with Crippen LogP contribution in [0.25, 0.3) is 0 Å². The van der Waals surface area contributed by atoms with Gasteiger partial charge >= 0.3 is 0 Å². The molecule has 0 aliphatic carbocycles. The van der Waals surface area contributed by atoms with Crippen LogP contribution in [0.3, 0.4) is 0 Å². The monoisotopic (exact) mass is 378 g/mol. The van der Waals surface area contributed by atoms with Crippen molar-refractivity contribution in [1.82, 2.24) is 0 Å². The molecule has 1 saturated heterocycles. The summed E-state index contributed by atoms with van der Waals surface area (Å²) in [6.45, 7) is 3.18. The quantitative estimate of drug-likeness (QED) is 0.885. The number of halogens is 2. The van der Waals surface area contributed by atoms with Gasteiger partial charge in [-0.25, -0.2) is 4.39 Å². The SMILES string of the molecule is O=C(Nc1ccc(N2CCOCC2)cc1)c1cc(F)ccc1Br. The second kappa shape index (κ2) is 7.10. The van der Waals surface area contributed by atoms with E-state index < -0.39 is 5.82 Å². The fraction of sp³-hybridized carbons (Fsp3) is 0.235. The molecule has 23 heavy (non-hydrogen) atoms. The summed E-state index contributed by atoms with van der Waals surface area (Å²) in [5.74, 6) is -0.795. The summed E-state index contributed by atoms with van der Waals surface area (Å²) >= 11 is 3.26. The molecule has 0 unspecified atom stereocenters. The molecule has 0 spiro atoms. The first-order valence-corrected chi connectivity index (χ1v) is 8.12. The first-order chi connectivity index (χ1) is 11.1. The van der Waals surface area contributed by atoms with Crippen LogP contribution in [0, 0.1) is 5.82 Å². The molecule has 6 heteroatoms. The van der Waals surface area contributed by atoms with Gasteiger partial charge < -0.3 is 15.0 Å². The molecule has 120 valence electrons. The number of nitrogens with zero attached hydrogens (tertiary/aromatic N) is 1. The van der Waals surface area contributed by atoms with Gasteiger partial charge in [0.2, 0.25) is 0 Å². The zero-order valence-electron chi connectivity index (χ0n) is 12.4. The Bertz CT molecular complexity index is 700. The number of hydrogen-bond acceptors (Lipinski definition) is 3. The summed E-state index contributed by atoms with van der Waals surface area (Å²) in [6, 6.07) is 11.6. The normalized spacial score (nSPS) is 14.6. The van der Waals surface area contributed by atoms with Crippen molar-refractivity contribution in [2.75, 3.05) is 36.5 Å². The lowest BCUT2D eigenvalue weighted by molar-refractivity contribution is 0.102. The Labute approximate surface area is 142 Å². The largest absolute Gasteiger partial charge is 0.378 e. The molecule has 4 nitrogen and oxygen atoms in total. The highest BCUT2D eigenvalue weighted by Crippen LogP contribution is 2.22. The number of hydrogen-bond donors (Lipinski definition) is 1. The van der Waals surface area contributed by atoms with Crippen LogP contribution in [0.5, 0.6) is 0 Å². The molecule has 2 aromatic carbocycles. The number of ether oxygens (including phenoxy) is 1. The van der Waals surface area contributed by atoms with E-state index in [1.54, 1.807) is 0 Å². The van der Waals surface area contributed by atoms with Crippen LogP contribution in [0.2, 0.25) is 0 Å². The Balaban J connectivity index is 1.70. The molecular weight excluding hydrogens is 363 g/mol. The first kappa shape index (κ1) is 16.0. The topological polar surface area (TPSA) is 41.6 Å². The van der Waals surface area contributed by atoms with Gasteiger partial charge in [-0.15, -0.1) is 0 Å². The van der Waals surface area contributed by atoms with E-state index in [4.69, 9.17) is 4.74 Å². The van der Waals surface area contributed by atoms with E-state index in [0.717, 1.165) is 32.0 Å². The molecule has 2 aromatic rings. The van der Waals surface area contributed by atoms with Crippen molar-refractivity contribution in [3.63, 3.8) is 0 Å². The van der Waals surface area contributed by atoms with Gasteiger partial charge in [-0.05, 0) is 58.4 Å². The summed E-state index contributed by atoms with van der Waals surface area (Å²) in [5.41, 5.74) is 2.03. The maximum Gasteiger partial charge on any atom is 0.256 e. The maximum absolute atomic E-state index is 13.3. The van der Waals surface area contributed by atoms with E-state index in [-0.39, 0.29) is 11.5 Å². The fourth-order valence-electron chi connectivity index (χ4n) is 2.45. The van der Waals surface area contributed by atoms with Gasteiger partial charge in [0.15, 0.2) is 0 Å². The van der Waals surface area contributed by atoms with Crippen molar-refractivity contribution in [1.29, 1.82) is 0 Å². The first-order valence-electron chi connectivity index (χ1n) is 7.32. The highest BCUT2D eigenvalue weighted by molar-refractivity contribution is 9.10.